The van der Waals surface area contributed by atoms with Crippen molar-refractivity contribution >= 4 is 5.91 Å². The number of nitrogens with one attached hydrogen (secondary N) is 1. The highest BCUT2D eigenvalue weighted by Crippen LogP contribution is 2.37. The molecule has 0 radical (unpaired) electrons. The second-order valence-electron chi connectivity index (χ2n) is 7.79. The summed E-state index contributed by atoms with van der Waals surface area (Å²) < 4.78 is 0. The van der Waals surface area contributed by atoms with Gasteiger partial charge in [-0.15, -0.1) is 0 Å². The molecule has 2 bridgehead atoms. The van der Waals surface area contributed by atoms with Crippen LogP contribution >= 0.6 is 0 Å². The molecule has 2 atom stereocenters. The topological polar surface area (TPSA) is 58.4 Å². The number of amides is 1. The number of hydrogen-bond donors (Lipinski definition) is 2. The first-order chi connectivity index (χ1) is 10.1. The van der Waals surface area contributed by atoms with Crippen LogP contribution in [0.15, 0.2) is 0 Å². The minimum atomic E-state index is -0.228. The molecule has 3 aliphatic rings. The van der Waals surface area contributed by atoms with Crippen LogP contribution in [-0.4, -0.2) is 42.0 Å². The van der Waals surface area contributed by atoms with Crippen molar-refractivity contribution in [2.45, 2.75) is 81.8 Å². The molecular weight excluding hydrogens is 262 g/mol. The Hall–Kier alpha value is -0.610. The molecule has 1 amide bonds. The lowest BCUT2D eigenvalue weighted by molar-refractivity contribution is -0.122. The van der Waals surface area contributed by atoms with E-state index in [0.29, 0.717) is 12.3 Å². The third-order valence-corrected chi connectivity index (χ3v) is 6.15. The Bertz CT molecular complexity index is 364. The van der Waals surface area contributed by atoms with E-state index in [0.717, 1.165) is 31.5 Å². The molecule has 2 saturated heterocycles. The molecule has 0 aromatic rings. The first kappa shape index (κ1) is 15.3. The summed E-state index contributed by atoms with van der Waals surface area (Å²) in [6.45, 7) is 0.857. The van der Waals surface area contributed by atoms with Crippen LogP contribution in [0.5, 0.6) is 0 Å². The zero-order chi connectivity index (χ0) is 14.9. The molecular formula is C17H31N3O. The SMILES string of the molecule is CN1C2CCC1CC(CNC(=O)CC1(N)CCCCC1)C2. The van der Waals surface area contributed by atoms with Gasteiger partial charge in [0.15, 0.2) is 0 Å². The number of rotatable bonds is 4. The Morgan fingerprint density at radius 3 is 2.43 bits per heavy atom. The van der Waals surface area contributed by atoms with E-state index >= 15 is 0 Å². The molecule has 2 unspecified atom stereocenters. The monoisotopic (exact) mass is 293 g/mol. The van der Waals surface area contributed by atoms with Crippen molar-refractivity contribution in [1.29, 1.82) is 0 Å². The average molecular weight is 293 g/mol. The van der Waals surface area contributed by atoms with Crippen molar-refractivity contribution < 1.29 is 4.79 Å². The van der Waals surface area contributed by atoms with Crippen molar-refractivity contribution in [3.8, 4) is 0 Å². The van der Waals surface area contributed by atoms with E-state index in [1.54, 1.807) is 0 Å². The Balaban J connectivity index is 1.42. The van der Waals surface area contributed by atoms with Gasteiger partial charge in [0.25, 0.3) is 0 Å². The van der Waals surface area contributed by atoms with E-state index in [2.05, 4.69) is 17.3 Å². The van der Waals surface area contributed by atoms with E-state index in [4.69, 9.17) is 5.73 Å². The van der Waals surface area contributed by atoms with Crippen LogP contribution in [0.25, 0.3) is 0 Å². The highest BCUT2D eigenvalue weighted by molar-refractivity contribution is 5.77. The molecule has 120 valence electrons. The summed E-state index contributed by atoms with van der Waals surface area (Å²) in [7, 11) is 2.26. The first-order valence-corrected chi connectivity index (χ1v) is 8.83. The molecule has 3 fully saturated rings. The summed E-state index contributed by atoms with van der Waals surface area (Å²) in [5.41, 5.74) is 6.15. The van der Waals surface area contributed by atoms with Crippen LogP contribution in [0.3, 0.4) is 0 Å². The van der Waals surface area contributed by atoms with Crippen molar-refractivity contribution in [2.75, 3.05) is 13.6 Å². The zero-order valence-corrected chi connectivity index (χ0v) is 13.4. The van der Waals surface area contributed by atoms with Crippen molar-refractivity contribution in [1.82, 2.24) is 10.2 Å². The number of hydrogen-bond acceptors (Lipinski definition) is 3. The fourth-order valence-corrected chi connectivity index (χ4v) is 4.76. The molecule has 1 saturated carbocycles. The lowest BCUT2D eigenvalue weighted by Crippen LogP contribution is -2.47. The smallest absolute Gasteiger partial charge is 0.221 e. The number of nitrogens with two attached hydrogens (primary N) is 1. The second kappa shape index (κ2) is 6.25. The van der Waals surface area contributed by atoms with Gasteiger partial charge in [0.05, 0.1) is 0 Å². The van der Waals surface area contributed by atoms with Gasteiger partial charge in [0.2, 0.25) is 5.91 Å². The van der Waals surface area contributed by atoms with E-state index in [-0.39, 0.29) is 11.4 Å². The molecule has 4 nitrogen and oxygen atoms in total. The summed E-state index contributed by atoms with van der Waals surface area (Å²) in [6.07, 6.45) is 11.4. The van der Waals surface area contributed by atoms with Crippen LogP contribution in [0, 0.1) is 5.92 Å². The van der Waals surface area contributed by atoms with Gasteiger partial charge in [0.1, 0.15) is 0 Å². The van der Waals surface area contributed by atoms with Gasteiger partial charge in [-0.1, -0.05) is 19.3 Å². The minimum Gasteiger partial charge on any atom is -0.356 e. The second-order valence-corrected chi connectivity index (χ2v) is 7.79. The summed E-state index contributed by atoms with van der Waals surface area (Å²) in [4.78, 5) is 14.8. The maximum atomic E-state index is 12.2. The number of carbonyl (C=O) groups is 1. The maximum Gasteiger partial charge on any atom is 0.221 e. The summed E-state index contributed by atoms with van der Waals surface area (Å²) in [6, 6.07) is 1.51. The van der Waals surface area contributed by atoms with Gasteiger partial charge in [-0.2, -0.15) is 0 Å². The third-order valence-electron chi connectivity index (χ3n) is 6.15. The molecule has 0 spiro atoms. The van der Waals surface area contributed by atoms with Gasteiger partial charge >= 0.3 is 0 Å². The fourth-order valence-electron chi connectivity index (χ4n) is 4.76. The molecule has 2 heterocycles. The molecule has 3 rings (SSSR count). The van der Waals surface area contributed by atoms with E-state index in [1.165, 1.54) is 44.9 Å². The van der Waals surface area contributed by atoms with Crippen LogP contribution in [0.2, 0.25) is 0 Å². The standard InChI is InChI=1S/C17H31N3O/c1-20-14-5-6-15(20)10-13(9-14)12-19-16(21)11-17(18)7-3-2-4-8-17/h13-15H,2-12,18H2,1H3,(H,19,21). The molecule has 3 N–H and O–H groups in total. The van der Waals surface area contributed by atoms with Crippen LogP contribution in [-0.2, 0) is 4.79 Å². The molecule has 2 aliphatic heterocycles. The van der Waals surface area contributed by atoms with Gasteiger partial charge in [-0.05, 0) is 51.5 Å². The largest absolute Gasteiger partial charge is 0.356 e. The van der Waals surface area contributed by atoms with Gasteiger partial charge in [-0.3, -0.25) is 4.79 Å². The number of piperidine rings is 1. The van der Waals surface area contributed by atoms with Crippen LogP contribution in [0.1, 0.15) is 64.2 Å². The molecule has 4 heteroatoms. The third kappa shape index (κ3) is 3.59. The Morgan fingerprint density at radius 2 is 1.81 bits per heavy atom. The first-order valence-electron chi connectivity index (χ1n) is 8.83. The Morgan fingerprint density at radius 1 is 1.19 bits per heavy atom. The van der Waals surface area contributed by atoms with Crippen molar-refractivity contribution in [3.63, 3.8) is 0 Å². The normalized spacial score (nSPS) is 35.6. The number of nitrogens with zero attached hydrogens (tertiary/aromatic N) is 1. The van der Waals surface area contributed by atoms with Gasteiger partial charge < -0.3 is 16.0 Å². The van der Waals surface area contributed by atoms with Crippen molar-refractivity contribution in [3.05, 3.63) is 0 Å². The zero-order valence-electron chi connectivity index (χ0n) is 13.4. The van der Waals surface area contributed by atoms with Crippen LogP contribution < -0.4 is 11.1 Å². The maximum absolute atomic E-state index is 12.2. The van der Waals surface area contributed by atoms with E-state index in [9.17, 15) is 4.79 Å². The fraction of sp³-hybridized carbons (Fsp3) is 0.941. The predicted molar refractivity (Wildman–Crippen MR) is 84.9 cm³/mol. The lowest BCUT2D eigenvalue weighted by atomic mass is 9.80. The molecule has 0 aromatic heterocycles. The minimum absolute atomic E-state index is 0.172. The summed E-state index contributed by atoms with van der Waals surface area (Å²) >= 11 is 0. The van der Waals surface area contributed by atoms with Crippen LogP contribution in [0.4, 0.5) is 0 Å². The Labute approximate surface area is 128 Å². The molecule has 0 aromatic carbocycles. The molecule has 21 heavy (non-hydrogen) atoms. The summed E-state index contributed by atoms with van der Waals surface area (Å²) in [5.74, 6) is 0.841. The quantitative estimate of drug-likeness (QED) is 0.834. The molecule has 1 aliphatic carbocycles. The van der Waals surface area contributed by atoms with Gasteiger partial charge in [0, 0.05) is 30.6 Å². The highest BCUT2D eigenvalue weighted by atomic mass is 16.1. The lowest BCUT2D eigenvalue weighted by Gasteiger charge is -2.37. The predicted octanol–water partition coefficient (Wildman–Crippen LogP) is 2.03. The average Bonchev–Trinajstić information content (AvgIpc) is 2.68. The van der Waals surface area contributed by atoms with Crippen molar-refractivity contribution in [2.24, 2.45) is 11.7 Å². The Kier molecular flexibility index (Phi) is 4.55. The highest BCUT2D eigenvalue weighted by Gasteiger charge is 2.38. The van der Waals surface area contributed by atoms with E-state index < -0.39 is 0 Å². The number of fused-ring (bicyclic) bond motifs is 2. The van der Waals surface area contributed by atoms with E-state index in [1.807, 2.05) is 0 Å². The van der Waals surface area contributed by atoms with Gasteiger partial charge in [-0.25, -0.2) is 0 Å². The number of carbonyl (C=O) groups excluding carboxylic acids is 1. The summed E-state index contributed by atoms with van der Waals surface area (Å²) in [5, 5.41) is 3.17.